The number of nitrogens with zero attached hydrogens (tertiary/aromatic N) is 1. The first-order valence-electron chi connectivity index (χ1n) is 8.21. The van der Waals surface area contributed by atoms with Crippen molar-refractivity contribution in [3.05, 3.63) is 47.5 Å². The van der Waals surface area contributed by atoms with Gasteiger partial charge in [-0.2, -0.15) is 0 Å². The fourth-order valence-corrected chi connectivity index (χ4v) is 3.74. The number of aromatic nitrogens is 1. The summed E-state index contributed by atoms with van der Waals surface area (Å²) in [4.78, 5) is 0. The maximum Gasteiger partial charge on any atom is 0.205 e. The number of rotatable bonds is 4. The lowest BCUT2D eigenvalue weighted by Crippen LogP contribution is -2.19. The van der Waals surface area contributed by atoms with Gasteiger partial charge in [-0.15, -0.1) is 0 Å². The van der Waals surface area contributed by atoms with E-state index in [1.54, 1.807) is 0 Å². The van der Waals surface area contributed by atoms with Crippen LogP contribution in [0.5, 0.6) is 17.5 Å². The van der Waals surface area contributed by atoms with Gasteiger partial charge < -0.3 is 19.7 Å². The highest BCUT2D eigenvalue weighted by molar-refractivity contribution is 5.63. The zero-order valence-corrected chi connectivity index (χ0v) is 14.0. The molecule has 2 atom stereocenters. The van der Waals surface area contributed by atoms with Gasteiger partial charge in [0.05, 0.1) is 23.4 Å². The molecule has 2 bridgehead atoms. The normalized spacial score (nSPS) is 26.8. The van der Waals surface area contributed by atoms with Crippen molar-refractivity contribution in [2.24, 2.45) is 0 Å². The SMILES string of the molecule is CCCOc1ccc(-n2c(O)c3c(c2O)C2(C)C=CC3(C)O2)cc1. The Hall–Kier alpha value is -2.40. The van der Waals surface area contributed by atoms with E-state index in [4.69, 9.17) is 9.47 Å². The van der Waals surface area contributed by atoms with Crippen LogP contribution in [0.1, 0.15) is 38.3 Å². The summed E-state index contributed by atoms with van der Waals surface area (Å²) in [6.45, 7) is 6.50. The Bertz CT molecular complexity index is 795. The van der Waals surface area contributed by atoms with Gasteiger partial charge >= 0.3 is 0 Å². The van der Waals surface area contributed by atoms with E-state index in [2.05, 4.69) is 6.92 Å². The van der Waals surface area contributed by atoms with Gasteiger partial charge in [-0.3, -0.25) is 4.57 Å². The van der Waals surface area contributed by atoms with E-state index >= 15 is 0 Å². The molecular weight excluding hydrogens is 306 g/mol. The third-order valence-electron chi connectivity index (χ3n) is 4.82. The van der Waals surface area contributed by atoms with Crippen molar-refractivity contribution in [3.8, 4) is 23.2 Å². The lowest BCUT2D eigenvalue weighted by molar-refractivity contribution is -0.0517. The quantitative estimate of drug-likeness (QED) is 0.840. The van der Waals surface area contributed by atoms with Gasteiger partial charge in [0.2, 0.25) is 11.8 Å². The Morgan fingerprint density at radius 3 is 2.04 bits per heavy atom. The third kappa shape index (κ3) is 1.85. The molecule has 0 fully saturated rings. The van der Waals surface area contributed by atoms with Crippen LogP contribution in [-0.4, -0.2) is 21.4 Å². The molecule has 0 amide bonds. The summed E-state index contributed by atoms with van der Waals surface area (Å²) in [7, 11) is 0. The molecule has 1 aromatic heterocycles. The van der Waals surface area contributed by atoms with Gasteiger partial charge in [0.1, 0.15) is 17.0 Å². The standard InChI is InChI=1S/C19H21NO4/c1-4-11-23-13-7-5-12(6-8-13)20-16(21)14-15(17(20)22)19(3)10-9-18(14,2)24-19/h5-10,21-22H,4,11H2,1-3H3. The molecule has 24 heavy (non-hydrogen) atoms. The second-order valence-electron chi connectivity index (χ2n) is 6.72. The fraction of sp³-hybridized carbons (Fsp3) is 0.368. The zero-order valence-electron chi connectivity index (χ0n) is 14.0. The summed E-state index contributed by atoms with van der Waals surface area (Å²) in [5.41, 5.74) is 0.532. The number of benzene rings is 1. The van der Waals surface area contributed by atoms with Crippen molar-refractivity contribution in [3.63, 3.8) is 0 Å². The molecule has 0 saturated carbocycles. The van der Waals surface area contributed by atoms with Crippen LogP contribution in [-0.2, 0) is 15.9 Å². The average molecular weight is 327 g/mol. The van der Waals surface area contributed by atoms with Crippen molar-refractivity contribution in [1.82, 2.24) is 4.57 Å². The minimum absolute atomic E-state index is 0.0142. The Labute approximate surface area is 140 Å². The van der Waals surface area contributed by atoms with Crippen molar-refractivity contribution in [2.75, 3.05) is 6.61 Å². The van der Waals surface area contributed by atoms with Gasteiger partial charge in [-0.25, -0.2) is 0 Å². The average Bonchev–Trinajstić information content (AvgIpc) is 3.10. The Morgan fingerprint density at radius 1 is 1.00 bits per heavy atom. The highest BCUT2D eigenvalue weighted by Crippen LogP contribution is 2.60. The van der Waals surface area contributed by atoms with Crippen LogP contribution in [0.25, 0.3) is 5.69 Å². The minimum Gasteiger partial charge on any atom is -0.494 e. The van der Waals surface area contributed by atoms with Crippen molar-refractivity contribution >= 4 is 0 Å². The highest BCUT2D eigenvalue weighted by atomic mass is 16.5. The summed E-state index contributed by atoms with van der Waals surface area (Å²) < 4.78 is 13.0. The predicted molar refractivity (Wildman–Crippen MR) is 89.8 cm³/mol. The van der Waals surface area contributed by atoms with E-state index in [-0.39, 0.29) is 11.8 Å². The molecule has 2 N–H and O–H groups in total. The zero-order chi connectivity index (χ0) is 17.1. The molecule has 2 unspecified atom stereocenters. The topological polar surface area (TPSA) is 63.9 Å². The summed E-state index contributed by atoms with van der Waals surface area (Å²) in [5.74, 6) is 0.795. The van der Waals surface area contributed by atoms with Crippen molar-refractivity contribution in [1.29, 1.82) is 0 Å². The van der Waals surface area contributed by atoms with E-state index in [0.29, 0.717) is 23.4 Å². The lowest BCUT2D eigenvalue weighted by atomic mass is 9.86. The highest BCUT2D eigenvalue weighted by Gasteiger charge is 2.56. The largest absolute Gasteiger partial charge is 0.494 e. The molecule has 4 rings (SSSR count). The second-order valence-corrected chi connectivity index (χ2v) is 6.72. The molecular formula is C19H21NO4. The molecule has 3 heterocycles. The number of ether oxygens (including phenoxy) is 2. The molecule has 0 aliphatic carbocycles. The molecule has 2 aliphatic rings. The number of fused-ring (bicyclic) bond motifs is 5. The fourth-order valence-electron chi connectivity index (χ4n) is 3.74. The van der Waals surface area contributed by atoms with E-state index in [1.807, 2.05) is 50.3 Å². The van der Waals surface area contributed by atoms with Gasteiger partial charge in [0, 0.05) is 0 Å². The molecule has 5 nitrogen and oxygen atoms in total. The van der Waals surface area contributed by atoms with E-state index in [0.717, 1.165) is 12.2 Å². The van der Waals surface area contributed by atoms with Crippen molar-refractivity contribution in [2.45, 2.75) is 38.4 Å². The maximum absolute atomic E-state index is 10.8. The monoisotopic (exact) mass is 327 g/mol. The van der Waals surface area contributed by atoms with E-state index in [9.17, 15) is 10.2 Å². The Kier molecular flexibility index (Phi) is 3.03. The summed E-state index contributed by atoms with van der Waals surface area (Å²) >= 11 is 0. The summed E-state index contributed by atoms with van der Waals surface area (Å²) in [6.07, 6.45) is 4.80. The van der Waals surface area contributed by atoms with Crippen LogP contribution in [0.3, 0.4) is 0 Å². The van der Waals surface area contributed by atoms with Gasteiger partial charge in [-0.05, 0) is 56.7 Å². The molecule has 0 radical (unpaired) electrons. The molecule has 126 valence electrons. The van der Waals surface area contributed by atoms with Crippen LogP contribution in [0.2, 0.25) is 0 Å². The van der Waals surface area contributed by atoms with Gasteiger partial charge in [-0.1, -0.05) is 6.92 Å². The van der Waals surface area contributed by atoms with Gasteiger partial charge in [0.25, 0.3) is 0 Å². The van der Waals surface area contributed by atoms with Crippen molar-refractivity contribution < 1.29 is 19.7 Å². The van der Waals surface area contributed by atoms with Crippen LogP contribution < -0.4 is 4.74 Å². The first-order valence-corrected chi connectivity index (χ1v) is 8.21. The first kappa shape index (κ1) is 15.1. The second kappa shape index (κ2) is 4.80. The molecule has 0 spiro atoms. The first-order chi connectivity index (χ1) is 11.4. The summed E-state index contributed by atoms with van der Waals surface area (Å²) in [5, 5.41) is 21.5. The van der Waals surface area contributed by atoms with E-state index in [1.165, 1.54) is 4.57 Å². The number of hydrogen-bond acceptors (Lipinski definition) is 4. The molecule has 0 saturated heterocycles. The van der Waals surface area contributed by atoms with Crippen LogP contribution in [0.4, 0.5) is 0 Å². The van der Waals surface area contributed by atoms with E-state index < -0.39 is 11.2 Å². The predicted octanol–water partition coefficient (Wildman–Crippen LogP) is 3.71. The third-order valence-corrected chi connectivity index (χ3v) is 4.82. The van der Waals surface area contributed by atoms with Crippen LogP contribution in [0, 0.1) is 0 Å². The van der Waals surface area contributed by atoms with Gasteiger partial charge in [0.15, 0.2) is 0 Å². The number of aromatic hydroxyl groups is 2. The minimum atomic E-state index is -0.707. The summed E-state index contributed by atoms with van der Waals surface area (Å²) in [6, 6.07) is 7.31. The smallest absolute Gasteiger partial charge is 0.205 e. The van der Waals surface area contributed by atoms with Crippen LogP contribution >= 0.6 is 0 Å². The maximum atomic E-state index is 10.8. The van der Waals surface area contributed by atoms with Crippen LogP contribution in [0.15, 0.2) is 36.4 Å². The molecule has 1 aromatic carbocycles. The molecule has 2 aromatic rings. The Balaban J connectivity index is 1.79. The Morgan fingerprint density at radius 2 is 1.54 bits per heavy atom. The number of hydrogen-bond donors (Lipinski definition) is 2. The lowest BCUT2D eigenvalue weighted by Gasteiger charge is -2.21. The molecule has 5 heteroatoms. The molecule has 2 aliphatic heterocycles.